The predicted molar refractivity (Wildman–Crippen MR) is 91.3 cm³/mol. The summed E-state index contributed by atoms with van der Waals surface area (Å²) >= 11 is 0. The molecule has 1 unspecified atom stereocenters. The summed E-state index contributed by atoms with van der Waals surface area (Å²) < 4.78 is 5.00. The third-order valence-corrected chi connectivity index (χ3v) is 3.75. The van der Waals surface area contributed by atoms with Crippen LogP contribution in [-0.4, -0.2) is 12.6 Å². The van der Waals surface area contributed by atoms with Gasteiger partial charge in [0.2, 0.25) is 0 Å². The van der Waals surface area contributed by atoms with Crippen molar-refractivity contribution in [2.75, 3.05) is 6.61 Å². The van der Waals surface area contributed by atoms with E-state index >= 15 is 0 Å². The zero-order chi connectivity index (χ0) is 15.8. The molecule has 0 aromatic rings. The van der Waals surface area contributed by atoms with E-state index in [9.17, 15) is 4.79 Å². The molecule has 2 nitrogen and oxygen atoms in total. The Labute approximate surface area is 131 Å². The predicted octanol–water partition coefficient (Wildman–Crippen LogP) is 5.83. The molecule has 0 fully saturated rings. The standard InChI is InChI=1S/C19H34O2/c1-4-7-8-9-10-11-15-18(14-5-2)16-12-13-17-21-19(20)6-3/h6-8,18H,3-5,9-17H2,1-2H3. The molecule has 0 aromatic heterocycles. The number of unbranched alkanes of at least 4 members (excludes halogenated alkanes) is 3. The summed E-state index contributed by atoms with van der Waals surface area (Å²) in [5.41, 5.74) is 0. The second-order valence-electron chi connectivity index (χ2n) is 5.69. The molecule has 0 heterocycles. The lowest BCUT2D eigenvalue weighted by Gasteiger charge is -2.15. The quantitative estimate of drug-likeness (QED) is 0.174. The van der Waals surface area contributed by atoms with Gasteiger partial charge in [-0.3, -0.25) is 0 Å². The zero-order valence-electron chi connectivity index (χ0n) is 14.1. The smallest absolute Gasteiger partial charge is 0.330 e. The minimum atomic E-state index is -0.305. The summed E-state index contributed by atoms with van der Waals surface area (Å²) in [4.78, 5) is 10.9. The Morgan fingerprint density at radius 3 is 2.38 bits per heavy atom. The van der Waals surface area contributed by atoms with Crippen molar-refractivity contribution in [3.8, 4) is 0 Å². The lowest BCUT2D eigenvalue weighted by Crippen LogP contribution is -2.04. The van der Waals surface area contributed by atoms with E-state index in [1.54, 1.807) is 0 Å². The average Bonchev–Trinajstić information content (AvgIpc) is 2.49. The molecule has 0 saturated carbocycles. The lowest BCUT2D eigenvalue weighted by atomic mass is 9.91. The number of allylic oxidation sites excluding steroid dienone is 2. The topological polar surface area (TPSA) is 26.3 Å². The lowest BCUT2D eigenvalue weighted by molar-refractivity contribution is -0.137. The minimum Gasteiger partial charge on any atom is -0.463 e. The van der Waals surface area contributed by atoms with Gasteiger partial charge in [-0.1, -0.05) is 64.7 Å². The maximum atomic E-state index is 10.9. The highest BCUT2D eigenvalue weighted by atomic mass is 16.5. The summed E-state index contributed by atoms with van der Waals surface area (Å²) in [6.07, 6.45) is 18.2. The van der Waals surface area contributed by atoms with Crippen LogP contribution in [0, 0.1) is 5.92 Å². The molecule has 2 heteroatoms. The molecule has 0 aliphatic rings. The zero-order valence-corrected chi connectivity index (χ0v) is 14.1. The normalized spacial score (nSPS) is 12.5. The fourth-order valence-electron chi connectivity index (χ4n) is 2.59. The van der Waals surface area contributed by atoms with Crippen LogP contribution in [0.15, 0.2) is 24.8 Å². The van der Waals surface area contributed by atoms with Gasteiger partial charge >= 0.3 is 5.97 Å². The second kappa shape index (κ2) is 15.3. The molecule has 0 aliphatic carbocycles. The molecule has 0 amide bonds. The first-order valence-corrected chi connectivity index (χ1v) is 8.68. The Morgan fingerprint density at radius 1 is 1.05 bits per heavy atom. The second-order valence-corrected chi connectivity index (χ2v) is 5.69. The molecule has 0 rings (SSSR count). The van der Waals surface area contributed by atoms with Gasteiger partial charge in [-0.05, 0) is 38.0 Å². The highest BCUT2D eigenvalue weighted by molar-refractivity contribution is 5.81. The van der Waals surface area contributed by atoms with Crippen LogP contribution in [0.3, 0.4) is 0 Å². The van der Waals surface area contributed by atoms with Gasteiger partial charge in [-0.25, -0.2) is 4.79 Å². The first-order valence-electron chi connectivity index (χ1n) is 8.68. The van der Waals surface area contributed by atoms with Gasteiger partial charge in [0, 0.05) is 6.08 Å². The number of carbonyl (C=O) groups is 1. The van der Waals surface area contributed by atoms with E-state index in [0.29, 0.717) is 6.61 Å². The van der Waals surface area contributed by atoms with Crippen LogP contribution in [0.25, 0.3) is 0 Å². The van der Waals surface area contributed by atoms with Crippen LogP contribution in [0.4, 0.5) is 0 Å². The van der Waals surface area contributed by atoms with E-state index in [0.717, 1.165) is 25.2 Å². The molecule has 0 N–H and O–H groups in total. The van der Waals surface area contributed by atoms with Crippen molar-refractivity contribution < 1.29 is 9.53 Å². The molecule has 122 valence electrons. The molecule has 0 saturated heterocycles. The Bertz CT molecular complexity index is 281. The van der Waals surface area contributed by atoms with Crippen molar-refractivity contribution in [2.45, 2.75) is 78.1 Å². The van der Waals surface area contributed by atoms with Crippen LogP contribution in [0.2, 0.25) is 0 Å². The van der Waals surface area contributed by atoms with Crippen LogP contribution >= 0.6 is 0 Å². The Hall–Kier alpha value is -1.05. The van der Waals surface area contributed by atoms with Gasteiger partial charge in [0.1, 0.15) is 0 Å². The van der Waals surface area contributed by atoms with Crippen molar-refractivity contribution in [1.29, 1.82) is 0 Å². The molecule has 0 radical (unpaired) electrons. The number of hydrogen-bond acceptors (Lipinski definition) is 2. The molecule has 21 heavy (non-hydrogen) atoms. The SMILES string of the molecule is C=CC(=O)OCCCCC(CCC)CCCCC=CCC. The fourth-order valence-corrected chi connectivity index (χ4v) is 2.59. The molecule has 1 atom stereocenters. The number of carbonyl (C=O) groups excluding carboxylic acids is 1. The third-order valence-electron chi connectivity index (χ3n) is 3.75. The van der Waals surface area contributed by atoms with Crippen molar-refractivity contribution in [1.82, 2.24) is 0 Å². The molecular weight excluding hydrogens is 260 g/mol. The maximum Gasteiger partial charge on any atom is 0.330 e. The molecule has 0 aromatic carbocycles. The molecular formula is C19H34O2. The summed E-state index contributed by atoms with van der Waals surface area (Å²) in [5, 5.41) is 0. The van der Waals surface area contributed by atoms with E-state index in [4.69, 9.17) is 4.74 Å². The van der Waals surface area contributed by atoms with Crippen molar-refractivity contribution >= 4 is 5.97 Å². The van der Waals surface area contributed by atoms with Crippen LogP contribution < -0.4 is 0 Å². The van der Waals surface area contributed by atoms with E-state index < -0.39 is 0 Å². The van der Waals surface area contributed by atoms with Gasteiger partial charge in [0.05, 0.1) is 6.61 Å². The van der Waals surface area contributed by atoms with Gasteiger partial charge in [0.25, 0.3) is 0 Å². The maximum absolute atomic E-state index is 10.9. The fraction of sp³-hybridized carbons (Fsp3) is 0.737. The minimum absolute atomic E-state index is 0.305. The van der Waals surface area contributed by atoms with Crippen molar-refractivity contribution in [3.63, 3.8) is 0 Å². The third kappa shape index (κ3) is 13.7. The summed E-state index contributed by atoms with van der Waals surface area (Å²) in [5.74, 6) is 0.542. The number of esters is 1. The highest BCUT2D eigenvalue weighted by Crippen LogP contribution is 2.21. The van der Waals surface area contributed by atoms with Crippen LogP contribution in [0.5, 0.6) is 0 Å². The van der Waals surface area contributed by atoms with E-state index in [1.807, 2.05) is 0 Å². The van der Waals surface area contributed by atoms with E-state index in [-0.39, 0.29) is 5.97 Å². The molecule has 0 aliphatic heterocycles. The van der Waals surface area contributed by atoms with Crippen molar-refractivity contribution in [2.24, 2.45) is 5.92 Å². The van der Waals surface area contributed by atoms with E-state index in [1.165, 1.54) is 51.0 Å². The molecule has 0 spiro atoms. The highest BCUT2D eigenvalue weighted by Gasteiger charge is 2.07. The van der Waals surface area contributed by atoms with Crippen LogP contribution in [0.1, 0.15) is 78.1 Å². The monoisotopic (exact) mass is 294 g/mol. The summed E-state index contributed by atoms with van der Waals surface area (Å²) in [6, 6.07) is 0. The molecule has 0 bridgehead atoms. The summed E-state index contributed by atoms with van der Waals surface area (Å²) in [6.45, 7) is 8.37. The van der Waals surface area contributed by atoms with Gasteiger partial charge < -0.3 is 4.74 Å². The first kappa shape index (κ1) is 19.9. The number of rotatable bonds is 14. The summed E-state index contributed by atoms with van der Waals surface area (Å²) in [7, 11) is 0. The van der Waals surface area contributed by atoms with Gasteiger partial charge in [0.15, 0.2) is 0 Å². The van der Waals surface area contributed by atoms with Gasteiger partial charge in [-0.15, -0.1) is 0 Å². The number of hydrogen-bond donors (Lipinski definition) is 0. The number of ether oxygens (including phenoxy) is 1. The Balaban J connectivity index is 3.64. The van der Waals surface area contributed by atoms with Crippen LogP contribution in [-0.2, 0) is 9.53 Å². The first-order chi connectivity index (χ1) is 10.2. The van der Waals surface area contributed by atoms with Gasteiger partial charge in [-0.2, -0.15) is 0 Å². The largest absolute Gasteiger partial charge is 0.463 e. The average molecular weight is 294 g/mol. The van der Waals surface area contributed by atoms with E-state index in [2.05, 4.69) is 32.6 Å². The Morgan fingerprint density at radius 2 is 1.76 bits per heavy atom. The van der Waals surface area contributed by atoms with Crippen molar-refractivity contribution in [3.05, 3.63) is 24.8 Å². The Kier molecular flexibility index (Phi) is 14.6.